The first kappa shape index (κ1) is 28.0. The molecular weight excluding hydrogens is 490 g/mol. The Morgan fingerprint density at radius 1 is 1.03 bits per heavy atom. The van der Waals surface area contributed by atoms with Crippen LogP contribution in [-0.4, -0.2) is 74.1 Å². The number of hydrogen-bond acceptors (Lipinski definition) is 8. The number of amides is 2. The molecule has 0 radical (unpaired) electrons. The van der Waals surface area contributed by atoms with Gasteiger partial charge in [-0.25, -0.2) is 4.79 Å². The van der Waals surface area contributed by atoms with Gasteiger partial charge in [-0.2, -0.15) is 0 Å². The molecule has 2 amide bonds. The lowest BCUT2D eigenvalue weighted by atomic mass is 9.90. The molecule has 2 aromatic rings. The molecule has 0 aromatic heterocycles. The second-order valence-corrected chi connectivity index (χ2v) is 9.47. The summed E-state index contributed by atoms with van der Waals surface area (Å²) in [6.07, 6.45) is -0.855. The molecule has 2 saturated heterocycles. The molecule has 2 aromatic carbocycles. The van der Waals surface area contributed by atoms with Gasteiger partial charge in [0.25, 0.3) is 0 Å². The third kappa shape index (κ3) is 7.52. The van der Waals surface area contributed by atoms with Gasteiger partial charge in [0.1, 0.15) is 6.54 Å². The second kappa shape index (κ2) is 13.7. The Morgan fingerprint density at radius 2 is 1.71 bits per heavy atom. The van der Waals surface area contributed by atoms with Gasteiger partial charge in [0.2, 0.25) is 0 Å². The fourth-order valence-electron chi connectivity index (χ4n) is 4.63. The summed E-state index contributed by atoms with van der Waals surface area (Å²) in [5, 5.41) is 14.6. The number of benzene rings is 2. The summed E-state index contributed by atoms with van der Waals surface area (Å²) in [6.45, 7) is 7.85. The van der Waals surface area contributed by atoms with Gasteiger partial charge < -0.3 is 34.7 Å². The van der Waals surface area contributed by atoms with Crippen LogP contribution in [0.1, 0.15) is 42.9 Å². The van der Waals surface area contributed by atoms with Crippen LogP contribution in [0.3, 0.4) is 0 Å². The zero-order chi connectivity index (χ0) is 26.9. The van der Waals surface area contributed by atoms with Crippen molar-refractivity contribution in [1.29, 1.82) is 0 Å². The minimum absolute atomic E-state index is 0.00597. The first-order valence-corrected chi connectivity index (χ1v) is 13.1. The largest absolute Gasteiger partial charge is 0.465 e. The zero-order valence-corrected chi connectivity index (χ0v) is 21.9. The van der Waals surface area contributed by atoms with Crippen LogP contribution in [0, 0.1) is 5.92 Å². The number of carbonyl (C=O) groups is 2. The van der Waals surface area contributed by atoms with E-state index in [0.717, 1.165) is 49.5 Å². The molecule has 2 fully saturated rings. The van der Waals surface area contributed by atoms with Crippen molar-refractivity contribution in [2.75, 3.05) is 51.3 Å². The molecule has 10 heteroatoms. The van der Waals surface area contributed by atoms with Gasteiger partial charge in [0.05, 0.1) is 38.6 Å². The van der Waals surface area contributed by atoms with Crippen molar-refractivity contribution < 1.29 is 33.6 Å². The maximum Gasteiger partial charge on any atom is 0.325 e. The molecule has 0 saturated carbocycles. The highest BCUT2D eigenvalue weighted by atomic mass is 16.7. The minimum atomic E-state index is -0.591. The lowest BCUT2D eigenvalue weighted by molar-refractivity contribution is -0.277. The maximum atomic E-state index is 12.1. The molecule has 4 unspecified atom stereocenters. The van der Waals surface area contributed by atoms with Gasteiger partial charge in [-0.3, -0.25) is 9.69 Å². The number of hydrogen-bond donors (Lipinski definition) is 3. The normalized spacial score (nSPS) is 24.0. The van der Waals surface area contributed by atoms with E-state index in [2.05, 4.69) is 22.5 Å². The third-order valence-electron chi connectivity index (χ3n) is 6.80. The highest BCUT2D eigenvalue weighted by molar-refractivity contribution is 5.91. The van der Waals surface area contributed by atoms with Crippen molar-refractivity contribution in [2.45, 2.75) is 39.0 Å². The molecule has 4 atom stereocenters. The number of aliphatic hydroxyl groups is 1. The number of nitrogens with zero attached hydrogens (tertiary/aromatic N) is 1. The molecule has 10 nitrogen and oxygen atoms in total. The molecular formula is C28H37N3O7. The Balaban J connectivity index is 1.45. The van der Waals surface area contributed by atoms with Crippen LogP contribution in [-0.2, 0) is 30.3 Å². The number of nitrogens with one attached hydrogen (secondary N) is 2. The topological polar surface area (TPSA) is 119 Å². The van der Waals surface area contributed by atoms with Crippen molar-refractivity contribution >= 4 is 17.7 Å². The summed E-state index contributed by atoms with van der Waals surface area (Å²) >= 11 is 0. The SMILES string of the molecule is CCOC(=O)CNC(=O)Nc1ccc(C2OC(CN3CCOCC3)C(C)C(c3ccc(CO)cc3)O2)cc1. The lowest BCUT2D eigenvalue weighted by Gasteiger charge is -2.43. The molecule has 3 N–H and O–H groups in total. The van der Waals surface area contributed by atoms with Crippen LogP contribution in [0.4, 0.5) is 10.5 Å². The minimum Gasteiger partial charge on any atom is -0.465 e. The van der Waals surface area contributed by atoms with Crippen molar-refractivity contribution in [1.82, 2.24) is 10.2 Å². The van der Waals surface area contributed by atoms with Crippen LogP contribution >= 0.6 is 0 Å². The van der Waals surface area contributed by atoms with Gasteiger partial charge in [-0.1, -0.05) is 43.3 Å². The number of carbonyl (C=O) groups excluding carboxylic acids is 2. The van der Waals surface area contributed by atoms with Crippen LogP contribution in [0.2, 0.25) is 0 Å². The van der Waals surface area contributed by atoms with E-state index in [9.17, 15) is 14.7 Å². The van der Waals surface area contributed by atoms with E-state index in [1.54, 1.807) is 19.1 Å². The van der Waals surface area contributed by atoms with E-state index in [-0.39, 0.29) is 37.9 Å². The third-order valence-corrected chi connectivity index (χ3v) is 6.80. The van der Waals surface area contributed by atoms with Gasteiger partial charge in [-0.05, 0) is 30.2 Å². The summed E-state index contributed by atoms with van der Waals surface area (Å²) in [7, 11) is 0. The Labute approximate surface area is 223 Å². The number of rotatable bonds is 9. The summed E-state index contributed by atoms with van der Waals surface area (Å²) in [4.78, 5) is 25.9. The molecule has 0 spiro atoms. The van der Waals surface area contributed by atoms with Crippen LogP contribution in [0.25, 0.3) is 0 Å². The van der Waals surface area contributed by atoms with Crippen molar-refractivity contribution in [3.8, 4) is 0 Å². The van der Waals surface area contributed by atoms with Gasteiger partial charge >= 0.3 is 12.0 Å². The van der Waals surface area contributed by atoms with Gasteiger partial charge in [-0.15, -0.1) is 0 Å². The number of ether oxygens (including phenoxy) is 4. The predicted octanol–water partition coefficient (Wildman–Crippen LogP) is 2.99. The first-order chi connectivity index (χ1) is 18.5. The monoisotopic (exact) mass is 527 g/mol. The average Bonchev–Trinajstić information content (AvgIpc) is 2.94. The Morgan fingerprint density at radius 3 is 2.37 bits per heavy atom. The fraction of sp³-hybridized carbons (Fsp3) is 0.500. The predicted molar refractivity (Wildman–Crippen MR) is 140 cm³/mol. The molecule has 2 aliphatic rings. The molecule has 206 valence electrons. The van der Waals surface area contributed by atoms with E-state index >= 15 is 0 Å². The summed E-state index contributed by atoms with van der Waals surface area (Å²) in [5.41, 5.74) is 3.29. The number of esters is 1. The quantitative estimate of drug-likeness (QED) is 0.426. The van der Waals surface area contributed by atoms with E-state index in [1.807, 2.05) is 36.4 Å². The van der Waals surface area contributed by atoms with Crippen LogP contribution in [0.15, 0.2) is 48.5 Å². The molecule has 0 bridgehead atoms. The summed E-state index contributed by atoms with van der Waals surface area (Å²) in [5.74, 6) is -0.399. The molecule has 2 aliphatic heterocycles. The summed E-state index contributed by atoms with van der Waals surface area (Å²) < 4.78 is 23.3. The van der Waals surface area contributed by atoms with Crippen molar-refractivity contribution in [2.24, 2.45) is 5.92 Å². The fourth-order valence-corrected chi connectivity index (χ4v) is 4.63. The summed E-state index contributed by atoms with van der Waals surface area (Å²) in [6, 6.07) is 14.6. The number of morpholine rings is 1. The van der Waals surface area contributed by atoms with E-state index < -0.39 is 18.3 Å². The smallest absolute Gasteiger partial charge is 0.325 e. The Bertz CT molecular complexity index is 1040. The zero-order valence-electron chi connectivity index (χ0n) is 21.9. The average molecular weight is 528 g/mol. The first-order valence-electron chi connectivity index (χ1n) is 13.1. The van der Waals surface area contributed by atoms with Gasteiger partial charge in [0, 0.05) is 36.8 Å². The Kier molecular flexibility index (Phi) is 10.1. The maximum absolute atomic E-state index is 12.1. The van der Waals surface area contributed by atoms with E-state index in [4.69, 9.17) is 18.9 Å². The van der Waals surface area contributed by atoms with Gasteiger partial charge in [0.15, 0.2) is 6.29 Å². The highest BCUT2D eigenvalue weighted by Crippen LogP contribution is 2.42. The number of aliphatic hydroxyl groups excluding tert-OH is 1. The molecule has 38 heavy (non-hydrogen) atoms. The second-order valence-electron chi connectivity index (χ2n) is 9.47. The van der Waals surface area contributed by atoms with E-state index in [1.165, 1.54) is 0 Å². The van der Waals surface area contributed by atoms with Crippen LogP contribution in [0.5, 0.6) is 0 Å². The lowest BCUT2D eigenvalue weighted by Crippen LogP contribution is -2.47. The standard InChI is InChI=1S/C28H37N3O7/c1-3-36-25(33)16-29-28(34)30-23-10-8-22(9-11-23)27-37-24(17-31-12-14-35-15-13-31)19(2)26(38-27)21-6-4-20(18-32)5-7-21/h4-11,19,24,26-27,32H,3,12-18H2,1-2H3,(H2,29,30,34). The molecule has 0 aliphatic carbocycles. The van der Waals surface area contributed by atoms with Crippen molar-refractivity contribution in [3.05, 3.63) is 65.2 Å². The van der Waals surface area contributed by atoms with Crippen molar-refractivity contribution in [3.63, 3.8) is 0 Å². The molecule has 4 rings (SSSR count). The number of anilines is 1. The van der Waals surface area contributed by atoms with Crippen LogP contribution < -0.4 is 10.6 Å². The highest BCUT2D eigenvalue weighted by Gasteiger charge is 2.39. The number of urea groups is 1. The molecule has 2 heterocycles. The Hall–Kier alpha value is -3.02. The van der Waals surface area contributed by atoms with E-state index in [0.29, 0.717) is 5.69 Å².